The standard InChI is InChI=1S/C15H16O2.C7H10O3/c1-15(2,11-3-7-13(16)8-4-11)12-5-9-14(17)10-6-12;1-5(2)7(8)10-4-6-3-9-6/h3-10,16-17H,1-2H3;6H,1,3-4H2,2H3. The first-order chi connectivity index (χ1) is 12.7. The van der Waals surface area contributed by atoms with Crippen molar-refractivity contribution in [3.05, 3.63) is 71.8 Å². The third-order valence-electron chi connectivity index (χ3n) is 4.33. The van der Waals surface area contributed by atoms with E-state index in [0.29, 0.717) is 18.8 Å². The van der Waals surface area contributed by atoms with Gasteiger partial charge < -0.3 is 19.7 Å². The Kier molecular flexibility index (Phi) is 6.64. The summed E-state index contributed by atoms with van der Waals surface area (Å²) in [4.78, 5) is 10.7. The van der Waals surface area contributed by atoms with Crippen LogP contribution >= 0.6 is 0 Å². The minimum absolute atomic E-state index is 0.142. The lowest BCUT2D eigenvalue weighted by Crippen LogP contribution is -2.18. The second kappa shape index (κ2) is 8.73. The van der Waals surface area contributed by atoms with Gasteiger partial charge in [-0.05, 0) is 42.3 Å². The number of esters is 1. The summed E-state index contributed by atoms with van der Waals surface area (Å²) in [5.74, 6) is 0.209. The molecule has 0 spiro atoms. The quantitative estimate of drug-likeness (QED) is 0.474. The molecule has 0 aromatic heterocycles. The zero-order valence-electron chi connectivity index (χ0n) is 15.9. The number of hydrogen-bond acceptors (Lipinski definition) is 5. The maximum absolute atomic E-state index is 10.7. The molecule has 1 saturated heterocycles. The van der Waals surface area contributed by atoms with Crippen LogP contribution in [-0.2, 0) is 19.7 Å². The molecule has 2 N–H and O–H groups in total. The molecule has 0 radical (unpaired) electrons. The zero-order valence-corrected chi connectivity index (χ0v) is 15.9. The largest absolute Gasteiger partial charge is 0.508 e. The van der Waals surface area contributed by atoms with E-state index in [-0.39, 0.29) is 29.0 Å². The SMILES string of the molecule is C=C(C)C(=O)OCC1CO1.CC(C)(c1ccc(O)cc1)c1ccc(O)cc1. The lowest BCUT2D eigenvalue weighted by atomic mass is 9.78. The number of hydrogen-bond donors (Lipinski definition) is 2. The lowest BCUT2D eigenvalue weighted by Gasteiger charge is -2.26. The highest BCUT2D eigenvalue weighted by Crippen LogP contribution is 2.32. The van der Waals surface area contributed by atoms with Crippen LogP contribution < -0.4 is 0 Å². The first kappa shape index (κ1) is 20.5. The van der Waals surface area contributed by atoms with E-state index in [0.717, 1.165) is 11.1 Å². The number of rotatable bonds is 5. The lowest BCUT2D eigenvalue weighted by molar-refractivity contribution is -0.139. The van der Waals surface area contributed by atoms with Crippen molar-refractivity contribution in [1.29, 1.82) is 0 Å². The smallest absolute Gasteiger partial charge is 0.333 e. The Morgan fingerprint density at radius 3 is 1.81 bits per heavy atom. The average Bonchev–Trinajstić information content (AvgIpc) is 3.45. The van der Waals surface area contributed by atoms with E-state index in [1.54, 1.807) is 31.2 Å². The first-order valence-electron chi connectivity index (χ1n) is 8.73. The number of epoxide rings is 1. The van der Waals surface area contributed by atoms with Gasteiger partial charge in [0.05, 0.1) is 6.61 Å². The molecular weight excluding hydrogens is 344 g/mol. The van der Waals surface area contributed by atoms with Crippen LogP contribution in [0.15, 0.2) is 60.7 Å². The number of ether oxygens (including phenoxy) is 2. The van der Waals surface area contributed by atoms with Gasteiger partial charge in [0, 0.05) is 11.0 Å². The summed E-state index contributed by atoms with van der Waals surface area (Å²) >= 11 is 0. The fourth-order valence-corrected chi connectivity index (χ4v) is 2.38. The highest BCUT2D eigenvalue weighted by Gasteiger charge is 2.24. The molecule has 1 aliphatic rings. The number of carbonyl (C=O) groups excluding carboxylic acids is 1. The zero-order chi connectivity index (χ0) is 20.0. The fraction of sp³-hybridized carbons (Fsp3) is 0.318. The Hall–Kier alpha value is -2.79. The highest BCUT2D eigenvalue weighted by molar-refractivity contribution is 5.86. The van der Waals surface area contributed by atoms with E-state index in [1.807, 2.05) is 24.3 Å². The van der Waals surface area contributed by atoms with Gasteiger partial charge in [0.15, 0.2) is 0 Å². The van der Waals surface area contributed by atoms with Crippen molar-refractivity contribution in [2.45, 2.75) is 32.3 Å². The van der Waals surface area contributed by atoms with E-state index < -0.39 is 0 Å². The van der Waals surface area contributed by atoms with E-state index in [9.17, 15) is 15.0 Å². The molecule has 0 aliphatic carbocycles. The number of phenolic OH excluding ortho intramolecular Hbond substituents is 2. The predicted molar refractivity (Wildman–Crippen MR) is 104 cm³/mol. The van der Waals surface area contributed by atoms with Crippen molar-refractivity contribution in [3.8, 4) is 11.5 Å². The van der Waals surface area contributed by atoms with Crippen LogP contribution in [0.25, 0.3) is 0 Å². The Bertz CT molecular complexity index is 724. The number of phenols is 2. The minimum Gasteiger partial charge on any atom is -0.508 e. The van der Waals surface area contributed by atoms with E-state index >= 15 is 0 Å². The molecule has 0 bridgehead atoms. The normalized spacial score (nSPS) is 15.3. The maximum atomic E-state index is 10.7. The van der Waals surface area contributed by atoms with E-state index in [4.69, 9.17) is 9.47 Å². The molecule has 2 aromatic carbocycles. The molecule has 5 nitrogen and oxygen atoms in total. The molecule has 1 fully saturated rings. The minimum atomic E-state index is -0.337. The summed E-state index contributed by atoms with van der Waals surface area (Å²) in [6, 6.07) is 14.4. The molecule has 5 heteroatoms. The molecule has 1 atom stereocenters. The molecule has 0 amide bonds. The summed E-state index contributed by atoms with van der Waals surface area (Å²) in [5.41, 5.74) is 2.53. The summed E-state index contributed by atoms with van der Waals surface area (Å²) < 4.78 is 9.60. The Balaban J connectivity index is 0.000000223. The maximum Gasteiger partial charge on any atom is 0.333 e. The molecule has 3 rings (SSSR count). The van der Waals surface area contributed by atoms with E-state index in [2.05, 4.69) is 20.4 Å². The Morgan fingerprint density at radius 2 is 1.48 bits per heavy atom. The van der Waals surface area contributed by atoms with Gasteiger partial charge in [-0.1, -0.05) is 44.7 Å². The van der Waals surface area contributed by atoms with Crippen molar-refractivity contribution < 1.29 is 24.5 Å². The van der Waals surface area contributed by atoms with Crippen LogP contribution in [0, 0.1) is 0 Å². The third-order valence-corrected chi connectivity index (χ3v) is 4.33. The summed E-state index contributed by atoms with van der Waals surface area (Å²) in [6.45, 7) is 10.4. The molecule has 2 aromatic rings. The van der Waals surface area contributed by atoms with Crippen molar-refractivity contribution in [1.82, 2.24) is 0 Å². The number of carbonyl (C=O) groups is 1. The number of aromatic hydroxyl groups is 2. The molecule has 0 saturated carbocycles. The van der Waals surface area contributed by atoms with Gasteiger partial charge in [0.1, 0.15) is 24.2 Å². The van der Waals surface area contributed by atoms with Gasteiger partial charge in [-0.25, -0.2) is 4.79 Å². The van der Waals surface area contributed by atoms with Crippen LogP contribution in [0.4, 0.5) is 0 Å². The topological polar surface area (TPSA) is 79.3 Å². The monoisotopic (exact) mass is 370 g/mol. The van der Waals surface area contributed by atoms with E-state index in [1.165, 1.54) is 0 Å². The van der Waals surface area contributed by atoms with Gasteiger partial charge in [-0.3, -0.25) is 0 Å². The van der Waals surface area contributed by atoms with Crippen LogP contribution in [0.3, 0.4) is 0 Å². The summed E-state index contributed by atoms with van der Waals surface area (Å²) in [5, 5.41) is 18.6. The predicted octanol–water partition coefficient (Wildman–Crippen LogP) is 3.93. The second-order valence-corrected chi connectivity index (χ2v) is 7.05. The van der Waals surface area contributed by atoms with Gasteiger partial charge >= 0.3 is 5.97 Å². The van der Waals surface area contributed by atoms with Gasteiger partial charge in [-0.2, -0.15) is 0 Å². The van der Waals surface area contributed by atoms with Crippen LogP contribution in [0.5, 0.6) is 11.5 Å². The van der Waals surface area contributed by atoms with Gasteiger partial charge in [0.2, 0.25) is 0 Å². The summed E-state index contributed by atoms with van der Waals surface area (Å²) in [6.07, 6.45) is 0.142. The van der Waals surface area contributed by atoms with Crippen LogP contribution in [0.1, 0.15) is 31.9 Å². The fourth-order valence-electron chi connectivity index (χ4n) is 2.38. The molecule has 27 heavy (non-hydrogen) atoms. The van der Waals surface area contributed by atoms with Crippen molar-refractivity contribution >= 4 is 5.97 Å². The highest BCUT2D eigenvalue weighted by atomic mass is 16.6. The Labute approximate surface area is 159 Å². The van der Waals surface area contributed by atoms with Crippen molar-refractivity contribution in [2.75, 3.05) is 13.2 Å². The van der Waals surface area contributed by atoms with Gasteiger partial charge in [0.25, 0.3) is 0 Å². The van der Waals surface area contributed by atoms with Crippen molar-refractivity contribution in [3.63, 3.8) is 0 Å². The van der Waals surface area contributed by atoms with Gasteiger partial charge in [-0.15, -0.1) is 0 Å². The first-order valence-corrected chi connectivity index (χ1v) is 8.73. The van der Waals surface area contributed by atoms with Crippen LogP contribution in [-0.4, -0.2) is 35.5 Å². The molecule has 1 unspecified atom stereocenters. The molecule has 1 heterocycles. The Morgan fingerprint density at radius 1 is 1.07 bits per heavy atom. The summed E-state index contributed by atoms with van der Waals surface area (Å²) in [7, 11) is 0. The molecular formula is C22H26O5. The van der Waals surface area contributed by atoms with Crippen LogP contribution in [0.2, 0.25) is 0 Å². The third kappa shape index (κ3) is 6.15. The second-order valence-electron chi connectivity index (χ2n) is 7.05. The van der Waals surface area contributed by atoms with Crippen molar-refractivity contribution in [2.24, 2.45) is 0 Å². The average molecular weight is 370 g/mol. The number of benzene rings is 2. The molecule has 144 valence electrons. The molecule has 1 aliphatic heterocycles.